The van der Waals surface area contributed by atoms with Gasteiger partial charge in [0.15, 0.2) is 0 Å². The Morgan fingerprint density at radius 2 is 2.15 bits per heavy atom. The molecule has 0 saturated carbocycles. The maximum Gasteiger partial charge on any atom is 0.214 e. The van der Waals surface area contributed by atoms with Gasteiger partial charge in [-0.2, -0.15) is 0 Å². The van der Waals surface area contributed by atoms with Crippen molar-refractivity contribution in [2.75, 3.05) is 33.5 Å². The number of ether oxygens (including phenoxy) is 1. The number of rotatable bonds is 6. The van der Waals surface area contributed by atoms with Crippen LogP contribution in [0.3, 0.4) is 0 Å². The van der Waals surface area contributed by atoms with Crippen LogP contribution >= 0.6 is 0 Å². The lowest BCUT2D eigenvalue weighted by Gasteiger charge is -2.16. The van der Waals surface area contributed by atoms with E-state index in [0.29, 0.717) is 6.54 Å². The molecular weight excluding hydrogens is 276 g/mol. The standard InChI is InChI=1S/C14H22N2O3S/c1-16(2)20(17,18)9-8-15-14-7-5-11-4-6-12(19-3)10-13(11)14/h4,6,10,14-15H,5,7-9H2,1-3H3. The van der Waals surface area contributed by atoms with Crippen LogP contribution in [-0.4, -0.2) is 46.2 Å². The van der Waals surface area contributed by atoms with Crippen molar-refractivity contribution in [1.29, 1.82) is 0 Å². The Kier molecular flexibility index (Phi) is 4.67. The third-order valence-electron chi connectivity index (χ3n) is 3.74. The topological polar surface area (TPSA) is 58.6 Å². The summed E-state index contributed by atoms with van der Waals surface area (Å²) in [6.45, 7) is 0.460. The lowest BCUT2D eigenvalue weighted by Crippen LogP contribution is -2.32. The second kappa shape index (κ2) is 6.11. The third-order valence-corrected chi connectivity index (χ3v) is 5.57. The minimum Gasteiger partial charge on any atom is -0.497 e. The van der Waals surface area contributed by atoms with E-state index >= 15 is 0 Å². The first-order valence-electron chi connectivity index (χ1n) is 6.74. The number of fused-ring (bicyclic) bond motifs is 1. The Labute approximate surface area is 121 Å². The first-order valence-corrected chi connectivity index (χ1v) is 8.35. The van der Waals surface area contributed by atoms with Crippen LogP contribution in [0.5, 0.6) is 5.75 Å². The van der Waals surface area contributed by atoms with Crippen molar-refractivity contribution in [3.8, 4) is 5.75 Å². The van der Waals surface area contributed by atoms with E-state index in [1.807, 2.05) is 12.1 Å². The number of sulfonamides is 1. The first kappa shape index (κ1) is 15.3. The zero-order valence-electron chi connectivity index (χ0n) is 12.2. The van der Waals surface area contributed by atoms with Crippen LogP contribution in [-0.2, 0) is 16.4 Å². The molecule has 0 aliphatic heterocycles. The molecule has 1 aliphatic rings. The number of benzene rings is 1. The van der Waals surface area contributed by atoms with Crippen molar-refractivity contribution in [2.24, 2.45) is 0 Å². The molecule has 0 spiro atoms. The molecule has 0 radical (unpaired) electrons. The Morgan fingerprint density at radius 1 is 1.40 bits per heavy atom. The second-order valence-electron chi connectivity index (χ2n) is 5.21. The zero-order chi connectivity index (χ0) is 14.8. The highest BCUT2D eigenvalue weighted by molar-refractivity contribution is 7.89. The highest BCUT2D eigenvalue weighted by atomic mass is 32.2. The van der Waals surface area contributed by atoms with E-state index in [0.717, 1.165) is 18.6 Å². The highest BCUT2D eigenvalue weighted by Crippen LogP contribution is 2.33. The SMILES string of the molecule is COc1ccc2c(c1)C(NCCS(=O)(=O)N(C)C)CC2. The number of nitrogens with zero attached hydrogens (tertiary/aromatic N) is 1. The van der Waals surface area contributed by atoms with E-state index in [9.17, 15) is 8.42 Å². The molecule has 2 rings (SSSR count). The number of hydrogen-bond acceptors (Lipinski definition) is 4. The maximum atomic E-state index is 11.7. The largest absolute Gasteiger partial charge is 0.497 e. The fraction of sp³-hybridized carbons (Fsp3) is 0.571. The van der Waals surface area contributed by atoms with E-state index in [-0.39, 0.29) is 11.8 Å². The molecule has 1 aromatic carbocycles. The van der Waals surface area contributed by atoms with Gasteiger partial charge in [0.1, 0.15) is 5.75 Å². The van der Waals surface area contributed by atoms with Gasteiger partial charge in [0.05, 0.1) is 12.9 Å². The van der Waals surface area contributed by atoms with E-state index in [4.69, 9.17) is 4.74 Å². The molecule has 5 nitrogen and oxygen atoms in total. The number of hydrogen-bond donors (Lipinski definition) is 1. The lowest BCUT2D eigenvalue weighted by atomic mass is 10.1. The van der Waals surface area contributed by atoms with Gasteiger partial charge in [0, 0.05) is 26.7 Å². The number of methoxy groups -OCH3 is 1. The minimum atomic E-state index is -3.13. The van der Waals surface area contributed by atoms with Gasteiger partial charge >= 0.3 is 0 Å². The zero-order valence-corrected chi connectivity index (χ0v) is 13.0. The highest BCUT2D eigenvalue weighted by Gasteiger charge is 2.23. The van der Waals surface area contributed by atoms with Crippen molar-refractivity contribution in [2.45, 2.75) is 18.9 Å². The number of aryl methyl sites for hydroxylation is 1. The van der Waals surface area contributed by atoms with Crippen LogP contribution < -0.4 is 10.1 Å². The van der Waals surface area contributed by atoms with Crippen LogP contribution in [0.15, 0.2) is 18.2 Å². The summed E-state index contributed by atoms with van der Waals surface area (Å²) in [5.74, 6) is 0.967. The van der Waals surface area contributed by atoms with E-state index < -0.39 is 10.0 Å². The van der Waals surface area contributed by atoms with Gasteiger partial charge in [0.2, 0.25) is 10.0 Å². The summed E-state index contributed by atoms with van der Waals surface area (Å²) in [5, 5.41) is 3.34. The van der Waals surface area contributed by atoms with Crippen LogP contribution in [0.1, 0.15) is 23.6 Å². The van der Waals surface area contributed by atoms with Gasteiger partial charge in [-0.15, -0.1) is 0 Å². The molecule has 1 N–H and O–H groups in total. The molecule has 112 valence electrons. The van der Waals surface area contributed by atoms with Gasteiger partial charge in [-0.25, -0.2) is 12.7 Å². The summed E-state index contributed by atoms with van der Waals surface area (Å²) in [4.78, 5) is 0. The van der Waals surface area contributed by atoms with E-state index in [1.54, 1.807) is 21.2 Å². The molecule has 1 unspecified atom stereocenters. The molecule has 0 amide bonds. The van der Waals surface area contributed by atoms with Gasteiger partial charge in [0.25, 0.3) is 0 Å². The monoisotopic (exact) mass is 298 g/mol. The predicted molar refractivity (Wildman–Crippen MR) is 79.5 cm³/mol. The Bertz CT molecular complexity index is 570. The third kappa shape index (κ3) is 3.31. The smallest absolute Gasteiger partial charge is 0.214 e. The lowest BCUT2D eigenvalue weighted by molar-refractivity contribution is 0.413. The summed E-state index contributed by atoms with van der Waals surface area (Å²) >= 11 is 0. The predicted octanol–water partition coefficient (Wildman–Crippen LogP) is 1.16. The molecule has 0 saturated heterocycles. The molecule has 20 heavy (non-hydrogen) atoms. The summed E-state index contributed by atoms with van der Waals surface area (Å²) in [6, 6.07) is 6.32. The number of nitrogens with one attached hydrogen (secondary N) is 1. The second-order valence-corrected chi connectivity index (χ2v) is 7.51. The van der Waals surface area contributed by atoms with Gasteiger partial charge in [-0.1, -0.05) is 6.07 Å². The average molecular weight is 298 g/mol. The van der Waals surface area contributed by atoms with Crippen molar-refractivity contribution in [3.05, 3.63) is 29.3 Å². The Balaban J connectivity index is 1.97. The normalized spacial score (nSPS) is 18.3. The van der Waals surface area contributed by atoms with Crippen molar-refractivity contribution in [3.63, 3.8) is 0 Å². The summed E-state index contributed by atoms with van der Waals surface area (Å²) in [6.07, 6.45) is 2.03. The fourth-order valence-corrected chi connectivity index (χ4v) is 3.21. The summed E-state index contributed by atoms with van der Waals surface area (Å²) in [7, 11) is 1.64. The molecule has 6 heteroatoms. The first-order chi connectivity index (χ1) is 9.44. The van der Waals surface area contributed by atoms with Crippen molar-refractivity contribution >= 4 is 10.0 Å². The van der Waals surface area contributed by atoms with Crippen LogP contribution in [0.4, 0.5) is 0 Å². The van der Waals surface area contributed by atoms with Gasteiger partial charge in [-0.05, 0) is 36.1 Å². The minimum absolute atomic E-state index is 0.121. The van der Waals surface area contributed by atoms with Crippen LogP contribution in [0, 0.1) is 0 Å². The van der Waals surface area contributed by atoms with E-state index in [2.05, 4.69) is 11.4 Å². The molecule has 1 aromatic rings. The summed E-state index contributed by atoms with van der Waals surface area (Å²) in [5.41, 5.74) is 2.55. The maximum absolute atomic E-state index is 11.7. The quantitative estimate of drug-likeness (QED) is 0.856. The van der Waals surface area contributed by atoms with Crippen LogP contribution in [0.2, 0.25) is 0 Å². The molecule has 0 fully saturated rings. The summed E-state index contributed by atoms with van der Waals surface area (Å²) < 4.78 is 29.9. The average Bonchev–Trinajstić information content (AvgIpc) is 2.81. The molecule has 0 aromatic heterocycles. The van der Waals surface area contributed by atoms with Crippen molar-refractivity contribution < 1.29 is 13.2 Å². The molecule has 0 heterocycles. The Hall–Kier alpha value is -1.11. The molecule has 1 aliphatic carbocycles. The van der Waals surface area contributed by atoms with Gasteiger partial charge in [-0.3, -0.25) is 0 Å². The molecule has 0 bridgehead atoms. The molecule has 1 atom stereocenters. The molecular formula is C14H22N2O3S. The van der Waals surface area contributed by atoms with Gasteiger partial charge < -0.3 is 10.1 Å². The Morgan fingerprint density at radius 3 is 2.80 bits per heavy atom. The van der Waals surface area contributed by atoms with Crippen LogP contribution in [0.25, 0.3) is 0 Å². The fourth-order valence-electron chi connectivity index (χ4n) is 2.46. The van der Waals surface area contributed by atoms with E-state index in [1.165, 1.54) is 15.4 Å². The van der Waals surface area contributed by atoms with Crippen molar-refractivity contribution in [1.82, 2.24) is 9.62 Å².